The Kier molecular flexibility index (Phi) is 10.0. The lowest BCUT2D eigenvalue weighted by Gasteiger charge is -2.36. The molecule has 0 fully saturated rings. The van der Waals surface area contributed by atoms with E-state index >= 15 is 0 Å². The third-order valence-corrected chi connectivity index (χ3v) is 11.0. The molecule has 0 aliphatic heterocycles. The van der Waals surface area contributed by atoms with Crippen molar-refractivity contribution < 1.29 is 0 Å². The molecule has 0 radical (unpaired) electrons. The van der Waals surface area contributed by atoms with Crippen LogP contribution in [0.2, 0.25) is 0 Å². The SMILES string of the molecule is CCCCC(CC)CC1(CCCCCCn2c3ccccc3c3ccccc32)c2cc(CCl)ccc2-c2ccc(CCl)cc21. The lowest BCUT2D eigenvalue weighted by molar-refractivity contribution is 0.310. The smallest absolute Gasteiger partial charge is 0.0491 e. The van der Waals surface area contributed by atoms with Crippen molar-refractivity contribution in [3.63, 3.8) is 0 Å². The summed E-state index contributed by atoms with van der Waals surface area (Å²) in [4.78, 5) is 0. The third-order valence-electron chi connectivity index (χ3n) is 10.4. The normalized spacial score (nSPS) is 14.3. The highest BCUT2D eigenvalue weighted by Gasteiger charge is 2.44. The van der Waals surface area contributed by atoms with Gasteiger partial charge in [0, 0.05) is 45.5 Å². The van der Waals surface area contributed by atoms with E-state index in [1.165, 1.54) is 119 Å². The average Bonchev–Trinajstić information content (AvgIpc) is 3.53. The van der Waals surface area contributed by atoms with E-state index in [0.717, 1.165) is 6.54 Å². The number of fused-ring (bicyclic) bond motifs is 6. The maximum atomic E-state index is 6.44. The van der Waals surface area contributed by atoms with E-state index in [1.807, 2.05) is 0 Å². The Morgan fingerprint density at radius 3 is 1.77 bits per heavy atom. The summed E-state index contributed by atoms with van der Waals surface area (Å²) < 4.78 is 2.54. The maximum Gasteiger partial charge on any atom is 0.0491 e. The van der Waals surface area contributed by atoms with E-state index in [1.54, 1.807) is 0 Å². The molecule has 44 heavy (non-hydrogen) atoms. The molecule has 0 saturated carbocycles. The molecule has 1 aliphatic rings. The standard InChI is InChI=1S/C41H47Cl2N/c1-3-5-14-30(4-2)27-41(37-25-31(28-42)19-21-33(37)34-22-20-32(29-43)26-38(34)41)23-12-6-7-13-24-44-39-17-10-8-15-35(39)36-16-9-11-18-40(36)44/h8-11,15-22,25-26,30H,3-7,12-14,23-24,27-29H2,1-2H3. The molecule has 1 nitrogen and oxygen atoms in total. The fourth-order valence-electron chi connectivity index (χ4n) is 8.08. The minimum absolute atomic E-state index is 0.0239. The van der Waals surface area contributed by atoms with Crippen LogP contribution in [0.3, 0.4) is 0 Å². The highest BCUT2D eigenvalue weighted by Crippen LogP contribution is 2.55. The van der Waals surface area contributed by atoms with Crippen LogP contribution in [0.25, 0.3) is 32.9 Å². The van der Waals surface area contributed by atoms with Crippen LogP contribution in [0, 0.1) is 5.92 Å². The molecule has 4 aromatic carbocycles. The van der Waals surface area contributed by atoms with Crippen molar-refractivity contribution in [3.8, 4) is 11.1 Å². The van der Waals surface area contributed by atoms with E-state index in [4.69, 9.17) is 23.2 Å². The Hall–Kier alpha value is -2.74. The van der Waals surface area contributed by atoms with Gasteiger partial charge in [0.05, 0.1) is 0 Å². The van der Waals surface area contributed by atoms with Gasteiger partial charge in [-0.05, 0) is 70.7 Å². The molecule has 1 unspecified atom stereocenters. The van der Waals surface area contributed by atoms with Gasteiger partial charge in [-0.3, -0.25) is 0 Å². The topological polar surface area (TPSA) is 4.93 Å². The first-order valence-corrected chi connectivity index (χ1v) is 18.1. The lowest BCUT2D eigenvalue weighted by Crippen LogP contribution is -2.29. The van der Waals surface area contributed by atoms with Crippen LogP contribution >= 0.6 is 23.2 Å². The molecule has 0 amide bonds. The molecule has 6 rings (SSSR count). The quantitative estimate of drug-likeness (QED) is 0.0807. The summed E-state index contributed by atoms with van der Waals surface area (Å²) in [6.45, 7) is 5.78. The number of alkyl halides is 2. The van der Waals surface area contributed by atoms with Crippen molar-refractivity contribution in [2.45, 2.75) is 102 Å². The summed E-state index contributed by atoms with van der Waals surface area (Å²) in [5.74, 6) is 1.83. The second-order valence-electron chi connectivity index (χ2n) is 13.1. The first-order chi connectivity index (χ1) is 21.6. The number of benzene rings is 4. The number of unbranched alkanes of at least 4 members (excludes halogenated alkanes) is 4. The fourth-order valence-corrected chi connectivity index (χ4v) is 8.41. The molecule has 0 N–H and O–H groups in total. The summed E-state index contributed by atoms with van der Waals surface area (Å²) in [6, 6.07) is 31.8. The molecular formula is C41H47Cl2N. The predicted octanol–water partition coefficient (Wildman–Crippen LogP) is 12.8. The van der Waals surface area contributed by atoms with E-state index < -0.39 is 0 Å². The Bertz CT molecular complexity index is 1610. The van der Waals surface area contributed by atoms with Gasteiger partial charge >= 0.3 is 0 Å². The molecule has 0 bridgehead atoms. The number of hydrogen-bond acceptors (Lipinski definition) is 0. The summed E-state index contributed by atoms with van der Waals surface area (Å²) in [5, 5.41) is 2.73. The van der Waals surface area contributed by atoms with Gasteiger partial charge in [-0.15, -0.1) is 23.2 Å². The first kappa shape index (κ1) is 31.3. The number of hydrogen-bond donors (Lipinski definition) is 0. The van der Waals surface area contributed by atoms with E-state index in [9.17, 15) is 0 Å². The van der Waals surface area contributed by atoms with Gasteiger partial charge in [-0.25, -0.2) is 0 Å². The molecule has 230 valence electrons. The zero-order chi connectivity index (χ0) is 30.5. The summed E-state index contributed by atoms with van der Waals surface area (Å²) in [6.07, 6.45) is 12.4. The monoisotopic (exact) mass is 623 g/mol. The van der Waals surface area contributed by atoms with Crippen LogP contribution in [0.5, 0.6) is 0 Å². The molecule has 1 atom stereocenters. The fraction of sp³-hybridized carbons (Fsp3) is 0.415. The Labute approximate surface area is 274 Å². The van der Waals surface area contributed by atoms with Crippen LogP contribution in [0.1, 0.15) is 100 Å². The Morgan fingerprint density at radius 1 is 0.659 bits per heavy atom. The van der Waals surface area contributed by atoms with Gasteiger partial charge in [-0.1, -0.05) is 132 Å². The number of aryl methyl sites for hydroxylation is 1. The zero-order valence-corrected chi connectivity index (χ0v) is 28.1. The Balaban J connectivity index is 1.24. The average molecular weight is 625 g/mol. The largest absolute Gasteiger partial charge is 0.340 e. The van der Waals surface area contributed by atoms with Gasteiger partial charge in [-0.2, -0.15) is 0 Å². The van der Waals surface area contributed by atoms with Crippen LogP contribution in [0.15, 0.2) is 84.9 Å². The molecule has 1 aliphatic carbocycles. The third kappa shape index (κ3) is 5.95. The summed E-state index contributed by atoms with van der Waals surface area (Å²) >= 11 is 12.9. The van der Waals surface area contributed by atoms with Crippen LogP contribution in [0.4, 0.5) is 0 Å². The van der Waals surface area contributed by atoms with Gasteiger partial charge in [0.15, 0.2) is 0 Å². The van der Waals surface area contributed by atoms with E-state index in [-0.39, 0.29) is 5.41 Å². The van der Waals surface area contributed by atoms with Crippen molar-refractivity contribution in [3.05, 3.63) is 107 Å². The highest BCUT2D eigenvalue weighted by atomic mass is 35.5. The predicted molar refractivity (Wildman–Crippen MR) is 192 cm³/mol. The minimum Gasteiger partial charge on any atom is -0.340 e. The van der Waals surface area contributed by atoms with E-state index in [0.29, 0.717) is 17.7 Å². The number of rotatable bonds is 15. The summed E-state index contributed by atoms with van der Waals surface area (Å²) in [5.41, 5.74) is 11.0. The molecule has 5 aromatic rings. The Morgan fingerprint density at radius 2 is 1.23 bits per heavy atom. The van der Waals surface area contributed by atoms with E-state index in [2.05, 4.69) is 103 Å². The minimum atomic E-state index is 0.0239. The second kappa shape index (κ2) is 14.1. The zero-order valence-electron chi connectivity index (χ0n) is 26.6. The van der Waals surface area contributed by atoms with Crippen LogP contribution in [-0.4, -0.2) is 4.57 Å². The van der Waals surface area contributed by atoms with Gasteiger partial charge < -0.3 is 4.57 Å². The molecule has 1 aromatic heterocycles. The second-order valence-corrected chi connectivity index (χ2v) is 13.6. The number of nitrogens with zero attached hydrogens (tertiary/aromatic N) is 1. The molecule has 1 heterocycles. The first-order valence-electron chi connectivity index (χ1n) is 17.0. The van der Waals surface area contributed by atoms with Crippen LogP contribution < -0.4 is 0 Å². The number of halogens is 2. The number of aromatic nitrogens is 1. The van der Waals surface area contributed by atoms with Crippen molar-refractivity contribution in [1.82, 2.24) is 4.57 Å². The highest BCUT2D eigenvalue weighted by molar-refractivity contribution is 6.17. The maximum absolute atomic E-state index is 6.44. The van der Waals surface area contributed by atoms with Crippen molar-refractivity contribution >= 4 is 45.0 Å². The van der Waals surface area contributed by atoms with Crippen molar-refractivity contribution in [2.75, 3.05) is 0 Å². The lowest BCUT2D eigenvalue weighted by atomic mass is 9.67. The van der Waals surface area contributed by atoms with Crippen molar-refractivity contribution in [1.29, 1.82) is 0 Å². The molecule has 3 heteroatoms. The molecule has 0 saturated heterocycles. The van der Waals surface area contributed by atoms with Crippen molar-refractivity contribution in [2.24, 2.45) is 5.92 Å². The van der Waals surface area contributed by atoms with Crippen LogP contribution in [-0.2, 0) is 23.7 Å². The molecular weight excluding hydrogens is 577 g/mol. The summed E-state index contributed by atoms with van der Waals surface area (Å²) in [7, 11) is 0. The van der Waals surface area contributed by atoms with Gasteiger partial charge in [0.2, 0.25) is 0 Å². The number of para-hydroxylation sites is 2. The van der Waals surface area contributed by atoms with Gasteiger partial charge in [0.1, 0.15) is 0 Å². The van der Waals surface area contributed by atoms with Gasteiger partial charge in [0.25, 0.3) is 0 Å². The molecule has 0 spiro atoms.